The highest BCUT2D eigenvalue weighted by Crippen LogP contribution is 2.24. The van der Waals surface area contributed by atoms with Gasteiger partial charge >= 0.3 is 0 Å². The standard InChI is InChI=1S/C18H21N5OS/c1-14-12-25-18(21-14)9-22-7-16-6-19-13-23(16)17(8-22)11-24-10-15-4-2-3-5-20-15/h2-6,12-13,17H,7-11H2,1H3/t17-/m1/s1. The van der Waals surface area contributed by atoms with Crippen LogP contribution in [0.5, 0.6) is 0 Å². The Kier molecular flexibility index (Phi) is 4.87. The van der Waals surface area contributed by atoms with Crippen molar-refractivity contribution in [1.82, 2.24) is 24.4 Å². The molecular weight excluding hydrogens is 334 g/mol. The van der Waals surface area contributed by atoms with Gasteiger partial charge in [-0.2, -0.15) is 0 Å². The van der Waals surface area contributed by atoms with Crippen LogP contribution in [0.15, 0.2) is 42.3 Å². The van der Waals surface area contributed by atoms with E-state index in [2.05, 4.69) is 29.8 Å². The zero-order valence-corrected chi connectivity index (χ0v) is 15.0. The van der Waals surface area contributed by atoms with E-state index in [0.29, 0.717) is 13.2 Å². The molecule has 130 valence electrons. The molecule has 3 aromatic rings. The molecule has 4 heterocycles. The van der Waals surface area contributed by atoms with E-state index < -0.39 is 0 Å². The third-order valence-electron chi connectivity index (χ3n) is 4.31. The predicted molar refractivity (Wildman–Crippen MR) is 96.1 cm³/mol. The number of rotatable bonds is 6. The van der Waals surface area contributed by atoms with Crippen molar-refractivity contribution in [3.8, 4) is 0 Å². The van der Waals surface area contributed by atoms with Crippen molar-refractivity contribution < 1.29 is 4.74 Å². The molecule has 0 bridgehead atoms. The van der Waals surface area contributed by atoms with Crippen LogP contribution in [0, 0.1) is 6.92 Å². The molecule has 0 saturated heterocycles. The van der Waals surface area contributed by atoms with Gasteiger partial charge in [0.05, 0.1) is 43.5 Å². The average molecular weight is 355 g/mol. The van der Waals surface area contributed by atoms with Gasteiger partial charge in [0.1, 0.15) is 5.01 Å². The molecule has 0 radical (unpaired) electrons. The number of hydrogen-bond acceptors (Lipinski definition) is 6. The van der Waals surface area contributed by atoms with E-state index in [0.717, 1.165) is 31.0 Å². The third kappa shape index (κ3) is 3.95. The third-order valence-corrected chi connectivity index (χ3v) is 5.26. The molecular formula is C18H21N5OS. The summed E-state index contributed by atoms with van der Waals surface area (Å²) in [5, 5.41) is 3.27. The molecule has 0 aromatic carbocycles. The van der Waals surface area contributed by atoms with Gasteiger partial charge < -0.3 is 9.30 Å². The van der Waals surface area contributed by atoms with Crippen LogP contribution in [0.2, 0.25) is 0 Å². The summed E-state index contributed by atoms with van der Waals surface area (Å²) in [7, 11) is 0. The first-order valence-electron chi connectivity index (χ1n) is 8.39. The highest BCUT2D eigenvalue weighted by molar-refractivity contribution is 7.09. The summed E-state index contributed by atoms with van der Waals surface area (Å²) in [5.41, 5.74) is 3.28. The molecule has 0 spiro atoms. The maximum Gasteiger partial charge on any atom is 0.107 e. The summed E-state index contributed by atoms with van der Waals surface area (Å²) < 4.78 is 8.18. The molecule has 3 aromatic heterocycles. The van der Waals surface area contributed by atoms with Gasteiger partial charge in [-0.3, -0.25) is 9.88 Å². The number of aryl methyl sites for hydroxylation is 1. The molecule has 0 N–H and O–H groups in total. The molecule has 0 fully saturated rings. The Hall–Kier alpha value is -2.09. The maximum absolute atomic E-state index is 5.94. The monoisotopic (exact) mass is 355 g/mol. The van der Waals surface area contributed by atoms with E-state index in [-0.39, 0.29) is 6.04 Å². The molecule has 4 rings (SSSR count). The van der Waals surface area contributed by atoms with Gasteiger partial charge in [0, 0.05) is 36.6 Å². The van der Waals surface area contributed by atoms with Crippen LogP contribution >= 0.6 is 11.3 Å². The summed E-state index contributed by atoms with van der Waals surface area (Å²) in [5.74, 6) is 0. The maximum atomic E-state index is 5.94. The Labute approximate surface area is 151 Å². The lowest BCUT2D eigenvalue weighted by molar-refractivity contribution is 0.0573. The summed E-state index contributed by atoms with van der Waals surface area (Å²) in [6, 6.07) is 6.15. The van der Waals surface area contributed by atoms with E-state index in [9.17, 15) is 0 Å². The van der Waals surface area contributed by atoms with Crippen molar-refractivity contribution in [2.45, 2.75) is 32.7 Å². The van der Waals surface area contributed by atoms with Gasteiger partial charge in [-0.1, -0.05) is 6.07 Å². The fourth-order valence-corrected chi connectivity index (χ4v) is 3.98. The first-order chi connectivity index (χ1) is 12.3. The Bertz CT molecular complexity index is 816. The van der Waals surface area contributed by atoms with E-state index in [1.165, 1.54) is 10.7 Å². The topological polar surface area (TPSA) is 56.1 Å². The van der Waals surface area contributed by atoms with Crippen molar-refractivity contribution in [2.24, 2.45) is 0 Å². The second-order valence-corrected chi connectivity index (χ2v) is 7.28. The van der Waals surface area contributed by atoms with Crippen LogP contribution in [-0.2, 0) is 24.4 Å². The van der Waals surface area contributed by atoms with Crippen molar-refractivity contribution >= 4 is 11.3 Å². The summed E-state index contributed by atoms with van der Waals surface area (Å²) >= 11 is 1.73. The number of aromatic nitrogens is 4. The van der Waals surface area contributed by atoms with Crippen molar-refractivity contribution in [3.63, 3.8) is 0 Å². The molecule has 25 heavy (non-hydrogen) atoms. The zero-order chi connectivity index (χ0) is 17.1. The largest absolute Gasteiger partial charge is 0.373 e. The Balaban J connectivity index is 1.40. The minimum Gasteiger partial charge on any atom is -0.373 e. The highest BCUT2D eigenvalue weighted by atomic mass is 32.1. The van der Waals surface area contributed by atoms with Crippen LogP contribution in [0.1, 0.15) is 28.1 Å². The normalized spacial score (nSPS) is 17.6. The number of nitrogens with zero attached hydrogens (tertiary/aromatic N) is 5. The Morgan fingerprint density at radius 1 is 1.36 bits per heavy atom. The van der Waals surface area contributed by atoms with Crippen LogP contribution in [-0.4, -0.2) is 37.6 Å². The SMILES string of the molecule is Cc1csc(CN2Cc3cncn3[C@@H](COCc3ccccn3)C2)n1. The summed E-state index contributed by atoms with van der Waals surface area (Å²) in [4.78, 5) is 15.6. The van der Waals surface area contributed by atoms with Crippen LogP contribution in [0.3, 0.4) is 0 Å². The number of imidazole rings is 1. The van der Waals surface area contributed by atoms with Crippen LogP contribution in [0.25, 0.3) is 0 Å². The highest BCUT2D eigenvalue weighted by Gasteiger charge is 2.25. The van der Waals surface area contributed by atoms with E-state index in [1.807, 2.05) is 37.6 Å². The molecule has 1 aliphatic rings. The number of ether oxygens (including phenoxy) is 1. The molecule has 0 amide bonds. The summed E-state index contributed by atoms with van der Waals surface area (Å²) in [6.07, 6.45) is 5.66. The van der Waals surface area contributed by atoms with E-state index >= 15 is 0 Å². The molecule has 0 saturated carbocycles. The van der Waals surface area contributed by atoms with Crippen LogP contribution < -0.4 is 0 Å². The molecule has 1 aliphatic heterocycles. The van der Waals surface area contributed by atoms with Crippen molar-refractivity contribution in [2.75, 3.05) is 13.2 Å². The van der Waals surface area contributed by atoms with E-state index in [4.69, 9.17) is 4.74 Å². The Morgan fingerprint density at radius 2 is 2.32 bits per heavy atom. The molecule has 6 nitrogen and oxygen atoms in total. The molecule has 0 aliphatic carbocycles. The Morgan fingerprint density at radius 3 is 3.12 bits per heavy atom. The molecule has 7 heteroatoms. The minimum absolute atomic E-state index is 0.260. The lowest BCUT2D eigenvalue weighted by Gasteiger charge is -2.33. The number of fused-ring (bicyclic) bond motifs is 1. The second-order valence-electron chi connectivity index (χ2n) is 6.33. The van der Waals surface area contributed by atoms with Crippen LogP contribution in [0.4, 0.5) is 0 Å². The van der Waals surface area contributed by atoms with Gasteiger partial charge in [-0.25, -0.2) is 9.97 Å². The quantitative estimate of drug-likeness (QED) is 0.680. The predicted octanol–water partition coefficient (Wildman–Crippen LogP) is 2.82. The number of pyridine rings is 1. The molecule has 1 atom stereocenters. The lowest BCUT2D eigenvalue weighted by atomic mass is 10.2. The smallest absolute Gasteiger partial charge is 0.107 e. The molecule has 0 unspecified atom stereocenters. The van der Waals surface area contributed by atoms with Crippen molar-refractivity contribution in [3.05, 3.63) is 64.4 Å². The fourth-order valence-electron chi connectivity index (χ4n) is 3.17. The van der Waals surface area contributed by atoms with Gasteiger partial charge in [0.2, 0.25) is 0 Å². The average Bonchev–Trinajstić information content (AvgIpc) is 3.25. The first-order valence-corrected chi connectivity index (χ1v) is 9.27. The fraction of sp³-hybridized carbons (Fsp3) is 0.389. The van der Waals surface area contributed by atoms with Gasteiger partial charge in [0.25, 0.3) is 0 Å². The minimum atomic E-state index is 0.260. The second kappa shape index (κ2) is 7.43. The zero-order valence-electron chi connectivity index (χ0n) is 14.2. The summed E-state index contributed by atoms with van der Waals surface area (Å²) in [6.45, 7) is 5.93. The van der Waals surface area contributed by atoms with Gasteiger partial charge in [-0.15, -0.1) is 11.3 Å². The number of hydrogen-bond donors (Lipinski definition) is 0. The number of thiazole rings is 1. The van der Waals surface area contributed by atoms with E-state index in [1.54, 1.807) is 17.5 Å². The van der Waals surface area contributed by atoms with Gasteiger partial charge in [-0.05, 0) is 19.1 Å². The van der Waals surface area contributed by atoms with Gasteiger partial charge in [0.15, 0.2) is 0 Å². The first kappa shape index (κ1) is 16.4. The van der Waals surface area contributed by atoms with Crippen molar-refractivity contribution in [1.29, 1.82) is 0 Å². The lowest BCUT2D eigenvalue weighted by Crippen LogP contribution is -2.38.